The Bertz CT molecular complexity index is 921. The summed E-state index contributed by atoms with van der Waals surface area (Å²) in [6, 6.07) is 8.32. The second-order valence-corrected chi connectivity index (χ2v) is 7.09. The molecule has 0 bridgehead atoms. The van der Waals surface area contributed by atoms with Crippen molar-refractivity contribution in [1.82, 2.24) is 0 Å². The number of carbonyl (C=O) groups is 1. The van der Waals surface area contributed by atoms with Crippen molar-refractivity contribution >= 4 is 35.2 Å². The Morgan fingerprint density at radius 2 is 1.89 bits per heavy atom. The van der Waals surface area contributed by atoms with Crippen LogP contribution < -0.4 is 4.74 Å². The van der Waals surface area contributed by atoms with Gasteiger partial charge in [-0.25, -0.2) is 4.79 Å². The molecule has 1 unspecified atom stereocenters. The summed E-state index contributed by atoms with van der Waals surface area (Å²) in [4.78, 5) is 11.4. The molecule has 2 aromatic rings. The van der Waals surface area contributed by atoms with E-state index in [9.17, 15) is 18.0 Å². The summed E-state index contributed by atoms with van der Waals surface area (Å²) < 4.78 is 52.5. The predicted molar refractivity (Wildman–Crippen MR) is 101 cm³/mol. The average Bonchev–Trinajstić information content (AvgIpc) is 2.99. The van der Waals surface area contributed by atoms with Crippen LogP contribution in [0.15, 0.2) is 42.5 Å². The lowest BCUT2D eigenvalue weighted by molar-refractivity contribution is -0.248. The Morgan fingerprint density at radius 3 is 2.50 bits per heavy atom. The van der Waals surface area contributed by atoms with E-state index in [-0.39, 0.29) is 28.0 Å². The molecule has 148 valence electrons. The Kier molecular flexibility index (Phi) is 5.64. The molecule has 2 aromatic carbocycles. The van der Waals surface area contributed by atoms with Gasteiger partial charge in [0.2, 0.25) is 5.60 Å². The molecule has 0 spiro atoms. The smallest absolute Gasteiger partial charge is 0.432 e. The van der Waals surface area contributed by atoms with E-state index >= 15 is 0 Å². The molecule has 1 heterocycles. The van der Waals surface area contributed by atoms with Gasteiger partial charge in [-0.1, -0.05) is 29.3 Å². The molecular weight excluding hydrogens is 416 g/mol. The number of benzene rings is 2. The molecular formula is C20H15Cl2F3O3. The second kappa shape index (κ2) is 7.68. The third-order valence-corrected chi connectivity index (χ3v) is 4.73. The average molecular weight is 431 g/mol. The fraction of sp³-hybridized carbons (Fsp3) is 0.250. The van der Waals surface area contributed by atoms with Crippen molar-refractivity contribution in [2.45, 2.75) is 25.1 Å². The van der Waals surface area contributed by atoms with E-state index < -0.39 is 24.2 Å². The SMILES string of the molecule is CCOC(=O)C=Cc1ccc2c(c1)CC(c1cc(Cl)cc(Cl)c1)(C(F)(F)F)O2. The number of alkyl halides is 3. The number of hydrogen-bond donors (Lipinski definition) is 0. The van der Waals surface area contributed by atoms with Crippen molar-refractivity contribution in [2.24, 2.45) is 0 Å². The number of fused-ring (bicyclic) bond motifs is 1. The summed E-state index contributed by atoms with van der Waals surface area (Å²) in [6.07, 6.45) is -2.46. The highest BCUT2D eigenvalue weighted by Gasteiger charge is 2.61. The molecule has 1 atom stereocenters. The van der Waals surface area contributed by atoms with E-state index in [4.69, 9.17) is 32.7 Å². The monoisotopic (exact) mass is 430 g/mol. The summed E-state index contributed by atoms with van der Waals surface area (Å²) in [6.45, 7) is 1.91. The molecule has 0 amide bonds. The van der Waals surface area contributed by atoms with Gasteiger partial charge in [-0.3, -0.25) is 0 Å². The van der Waals surface area contributed by atoms with Crippen LogP contribution in [-0.4, -0.2) is 18.8 Å². The van der Waals surface area contributed by atoms with Crippen LogP contribution >= 0.6 is 23.2 Å². The van der Waals surface area contributed by atoms with Gasteiger partial charge in [-0.05, 0) is 54.5 Å². The van der Waals surface area contributed by atoms with Crippen LogP contribution in [-0.2, 0) is 21.6 Å². The largest absolute Gasteiger partial charge is 0.472 e. The van der Waals surface area contributed by atoms with Gasteiger partial charge >= 0.3 is 12.1 Å². The maximum absolute atomic E-state index is 14.1. The number of carbonyl (C=O) groups excluding carboxylic acids is 1. The van der Waals surface area contributed by atoms with Crippen molar-refractivity contribution in [1.29, 1.82) is 0 Å². The van der Waals surface area contributed by atoms with Gasteiger partial charge < -0.3 is 9.47 Å². The molecule has 3 rings (SSSR count). The molecule has 0 aromatic heterocycles. The van der Waals surface area contributed by atoms with Gasteiger partial charge in [-0.15, -0.1) is 0 Å². The Labute approximate surface area is 169 Å². The van der Waals surface area contributed by atoms with E-state index in [2.05, 4.69) is 0 Å². The summed E-state index contributed by atoms with van der Waals surface area (Å²) in [5.74, 6) is -0.417. The minimum absolute atomic E-state index is 0.0868. The van der Waals surface area contributed by atoms with Crippen molar-refractivity contribution in [3.63, 3.8) is 0 Å². The van der Waals surface area contributed by atoms with Crippen LogP contribution in [0.1, 0.15) is 23.6 Å². The van der Waals surface area contributed by atoms with Crippen molar-refractivity contribution in [3.05, 3.63) is 69.2 Å². The Morgan fingerprint density at radius 1 is 1.21 bits per heavy atom. The van der Waals surface area contributed by atoms with Crippen molar-refractivity contribution in [3.8, 4) is 5.75 Å². The molecule has 1 aliphatic rings. The molecule has 0 radical (unpaired) electrons. The zero-order chi connectivity index (χ0) is 20.5. The maximum atomic E-state index is 14.1. The lowest BCUT2D eigenvalue weighted by Crippen LogP contribution is -2.46. The first-order valence-corrected chi connectivity index (χ1v) is 9.10. The normalized spacial score (nSPS) is 18.8. The number of ether oxygens (including phenoxy) is 2. The highest BCUT2D eigenvalue weighted by Crippen LogP contribution is 2.51. The van der Waals surface area contributed by atoms with Gasteiger partial charge in [0, 0.05) is 28.1 Å². The van der Waals surface area contributed by atoms with Gasteiger partial charge in [0.25, 0.3) is 0 Å². The highest BCUT2D eigenvalue weighted by atomic mass is 35.5. The first kappa shape index (κ1) is 20.6. The zero-order valence-electron chi connectivity index (χ0n) is 14.6. The zero-order valence-corrected chi connectivity index (χ0v) is 16.2. The summed E-state index contributed by atoms with van der Waals surface area (Å²) in [5, 5.41) is 0.174. The maximum Gasteiger partial charge on any atom is 0.432 e. The van der Waals surface area contributed by atoms with E-state index in [1.807, 2.05) is 0 Å². The Hall–Kier alpha value is -2.18. The lowest BCUT2D eigenvalue weighted by atomic mass is 9.88. The van der Waals surface area contributed by atoms with Crippen LogP contribution in [0.2, 0.25) is 10.0 Å². The fourth-order valence-electron chi connectivity index (χ4n) is 3.06. The molecule has 3 nitrogen and oxygen atoms in total. The molecule has 8 heteroatoms. The molecule has 0 saturated heterocycles. The van der Waals surface area contributed by atoms with Crippen LogP contribution in [0, 0.1) is 0 Å². The number of halogens is 5. The molecule has 0 aliphatic carbocycles. The van der Waals surface area contributed by atoms with Gasteiger partial charge in [0.05, 0.1) is 6.61 Å². The quantitative estimate of drug-likeness (QED) is 0.443. The van der Waals surface area contributed by atoms with Crippen LogP contribution in [0.4, 0.5) is 13.2 Å². The van der Waals surface area contributed by atoms with Gasteiger partial charge in [-0.2, -0.15) is 13.2 Å². The molecule has 0 N–H and O–H groups in total. The first-order chi connectivity index (χ1) is 13.1. The summed E-state index contributed by atoms with van der Waals surface area (Å²) >= 11 is 11.8. The third-order valence-electron chi connectivity index (χ3n) is 4.29. The molecule has 0 fully saturated rings. The number of rotatable bonds is 4. The molecule has 1 aliphatic heterocycles. The molecule has 0 saturated carbocycles. The second-order valence-electron chi connectivity index (χ2n) is 6.21. The topological polar surface area (TPSA) is 35.5 Å². The van der Waals surface area contributed by atoms with Crippen LogP contribution in [0.25, 0.3) is 6.08 Å². The lowest BCUT2D eigenvalue weighted by Gasteiger charge is -2.31. The first-order valence-electron chi connectivity index (χ1n) is 8.35. The predicted octanol–water partition coefficient (Wildman–Crippen LogP) is 5.96. The minimum atomic E-state index is -4.71. The highest BCUT2D eigenvalue weighted by molar-refractivity contribution is 6.34. The van der Waals surface area contributed by atoms with Crippen LogP contribution in [0.5, 0.6) is 5.75 Å². The summed E-state index contributed by atoms with van der Waals surface area (Å²) in [7, 11) is 0. The van der Waals surface area contributed by atoms with Gasteiger partial charge in [0.15, 0.2) is 0 Å². The van der Waals surface area contributed by atoms with Crippen molar-refractivity contribution in [2.75, 3.05) is 6.61 Å². The standard InChI is InChI=1S/C20H15Cl2F3O3/c1-2-27-18(26)6-4-12-3-5-17-13(7-12)11-19(28-17,20(23,24)25)14-8-15(21)10-16(22)9-14/h3-10H,2,11H2,1H3. The Balaban J connectivity index is 1.98. The molecule has 28 heavy (non-hydrogen) atoms. The van der Waals surface area contributed by atoms with E-state index in [0.29, 0.717) is 11.1 Å². The summed E-state index contributed by atoms with van der Waals surface area (Å²) in [5.41, 5.74) is -1.85. The van der Waals surface area contributed by atoms with E-state index in [0.717, 1.165) is 0 Å². The van der Waals surface area contributed by atoms with Crippen LogP contribution in [0.3, 0.4) is 0 Å². The van der Waals surface area contributed by atoms with E-state index in [1.54, 1.807) is 19.1 Å². The van der Waals surface area contributed by atoms with Gasteiger partial charge in [0.1, 0.15) is 5.75 Å². The fourth-order valence-corrected chi connectivity index (χ4v) is 3.58. The van der Waals surface area contributed by atoms with Crippen molar-refractivity contribution < 1.29 is 27.4 Å². The number of esters is 1. The number of hydrogen-bond acceptors (Lipinski definition) is 3. The minimum Gasteiger partial charge on any atom is -0.472 e. The van der Waals surface area contributed by atoms with E-state index in [1.165, 1.54) is 36.4 Å². The third kappa shape index (κ3) is 3.98.